The molecule has 1 aliphatic heterocycles. The fourth-order valence-corrected chi connectivity index (χ4v) is 4.36. The number of hydrogen-bond donors (Lipinski definition) is 3. The molecule has 0 aliphatic carbocycles. The summed E-state index contributed by atoms with van der Waals surface area (Å²) in [5, 5.41) is 10.7. The van der Waals surface area contributed by atoms with Crippen LogP contribution in [0.4, 0.5) is 0 Å². The zero-order chi connectivity index (χ0) is 29.1. The van der Waals surface area contributed by atoms with E-state index in [2.05, 4.69) is 27.7 Å². The van der Waals surface area contributed by atoms with Crippen LogP contribution in [0.15, 0.2) is 65.4 Å². The van der Waals surface area contributed by atoms with Gasteiger partial charge in [-0.2, -0.15) is 5.10 Å². The summed E-state index contributed by atoms with van der Waals surface area (Å²) in [6.07, 6.45) is 3.03. The van der Waals surface area contributed by atoms with Gasteiger partial charge in [-0.1, -0.05) is 42.5 Å². The predicted molar refractivity (Wildman–Crippen MR) is 157 cm³/mol. The fraction of sp³-hybridized carbons (Fsp3) is 0.286. The molecule has 3 rings (SSSR count). The summed E-state index contributed by atoms with van der Waals surface area (Å²) in [7, 11) is 0. The van der Waals surface area contributed by atoms with Crippen molar-refractivity contribution in [1.82, 2.24) is 16.1 Å². The summed E-state index contributed by atoms with van der Waals surface area (Å²) >= 11 is 11.7. The van der Waals surface area contributed by atoms with Gasteiger partial charge in [0.2, 0.25) is 0 Å². The van der Waals surface area contributed by atoms with E-state index < -0.39 is 17.9 Å². The third-order valence-electron chi connectivity index (χ3n) is 5.43. The Morgan fingerprint density at radius 1 is 1.15 bits per heavy atom. The lowest BCUT2D eigenvalue weighted by atomic mass is 9.95. The molecule has 0 bridgehead atoms. The molecule has 40 heavy (non-hydrogen) atoms. The average molecular weight is 587 g/mol. The summed E-state index contributed by atoms with van der Waals surface area (Å²) in [6.45, 7) is 9.51. The average Bonchev–Trinajstić information content (AvgIpc) is 2.91. The Morgan fingerprint density at radius 2 is 1.93 bits per heavy atom. The predicted octanol–water partition coefficient (Wildman–Crippen LogP) is 4.19. The second-order valence-electron chi connectivity index (χ2n) is 8.27. The number of thiocarbonyl (C=S) groups is 1. The first kappa shape index (κ1) is 30.5. The Hall–Kier alpha value is -4.09. The third-order valence-corrected chi connectivity index (χ3v) is 5.93. The van der Waals surface area contributed by atoms with E-state index in [1.165, 1.54) is 6.21 Å². The second kappa shape index (κ2) is 14.9. The number of nitrogens with one attached hydrogen (secondary N) is 3. The number of rotatable bonds is 13. The van der Waals surface area contributed by atoms with Crippen molar-refractivity contribution in [3.63, 3.8) is 0 Å². The molecule has 10 nitrogen and oxygen atoms in total. The molecule has 2 aromatic carbocycles. The number of para-hydroxylation sites is 1. The maximum atomic E-state index is 12.7. The van der Waals surface area contributed by atoms with Crippen LogP contribution in [0.3, 0.4) is 0 Å². The van der Waals surface area contributed by atoms with E-state index in [4.69, 9.17) is 42.8 Å². The Labute approximate surface area is 243 Å². The van der Waals surface area contributed by atoms with Crippen molar-refractivity contribution in [1.29, 1.82) is 0 Å². The molecule has 1 amide bonds. The first-order valence-electron chi connectivity index (χ1n) is 12.5. The molecule has 212 valence electrons. The van der Waals surface area contributed by atoms with Crippen molar-refractivity contribution in [2.45, 2.75) is 26.8 Å². The van der Waals surface area contributed by atoms with E-state index in [9.17, 15) is 9.59 Å². The van der Waals surface area contributed by atoms with Crippen molar-refractivity contribution in [3.05, 3.63) is 76.5 Å². The number of ether oxygens (including phenoxy) is 4. The van der Waals surface area contributed by atoms with Gasteiger partial charge in [-0.05, 0) is 56.8 Å². The van der Waals surface area contributed by atoms with Crippen LogP contribution in [0, 0.1) is 0 Å². The maximum Gasteiger partial charge on any atom is 0.338 e. The van der Waals surface area contributed by atoms with Gasteiger partial charge in [-0.15, -0.1) is 0 Å². The Morgan fingerprint density at radius 3 is 2.65 bits per heavy atom. The second-order valence-corrected chi connectivity index (χ2v) is 9.09. The molecule has 12 heteroatoms. The maximum absolute atomic E-state index is 12.7. The molecular weight excluding hydrogens is 556 g/mol. The van der Waals surface area contributed by atoms with Gasteiger partial charge >= 0.3 is 5.97 Å². The Kier molecular flexibility index (Phi) is 11.3. The third kappa shape index (κ3) is 7.96. The lowest BCUT2D eigenvalue weighted by Gasteiger charge is -2.30. The molecule has 0 saturated heterocycles. The van der Waals surface area contributed by atoms with Gasteiger partial charge in [-0.25, -0.2) is 10.2 Å². The van der Waals surface area contributed by atoms with Crippen LogP contribution >= 0.6 is 23.8 Å². The number of benzene rings is 2. The van der Waals surface area contributed by atoms with Crippen LogP contribution in [0.25, 0.3) is 0 Å². The Bertz CT molecular complexity index is 1330. The van der Waals surface area contributed by atoms with E-state index in [1.54, 1.807) is 56.3 Å². The summed E-state index contributed by atoms with van der Waals surface area (Å²) in [5.41, 5.74) is 4.57. The van der Waals surface area contributed by atoms with Gasteiger partial charge in [0.15, 0.2) is 23.2 Å². The highest BCUT2D eigenvalue weighted by Crippen LogP contribution is 2.36. The lowest BCUT2D eigenvalue weighted by molar-refractivity contribution is -0.139. The minimum atomic E-state index is -0.632. The molecule has 0 aromatic heterocycles. The van der Waals surface area contributed by atoms with E-state index in [0.717, 1.165) is 0 Å². The number of hydrogen-bond acceptors (Lipinski definition) is 8. The number of amides is 1. The van der Waals surface area contributed by atoms with E-state index >= 15 is 0 Å². The summed E-state index contributed by atoms with van der Waals surface area (Å²) < 4.78 is 22.3. The molecule has 2 aromatic rings. The highest BCUT2D eigenvalue weighted by atomic mass is 35.5. The molecule has 1 atom stereocenters. The molecule has 0 saturated carbocycles. The van der Waals surface area contributed by atoms with Crippen LogP contribution in [0.2, 0.25) is 5.02 Å². The van der Waals surface area contributed by atoms with Crippen LogP contribution in [-0.2, 0) is 14.3 Å². The molecule has 0 spiro atoms. The Balaban J connectivity index is 1.70. The largest absolute Gasteiger partial charge is 0.490 e. The van der Waals surface area contributed by atoms with Gasteiger partial charge in [0, 0.05) is 11.3 Å². The zero-order valence-electron chi connectivity index (χ0n) is 22.4. The minimum absolute atomic E-state index is 0.220. The van der Waals surface area contributed by atoms with Crippen molar-refractivity contribution in [2.75, 3.05) is 26.4 Å². The normalized spacial score (nSPS) is 14.7. The first-order valence-corrected chi connectivity index (χ1v) is 13.3. The van der Waals surface area contributed by atoms with Crippen molar-refractivity contribution < 1.29 is 28.5 Å². The van der Waals surface area contributed by atoms with Crippen molar-refractivity contribution in [2.24, 2.45) is 5.10 Å². The number of esters is 1. The van der Waals surface area contributed by atoms with E-state index in [1.807, 2.05) is 6.92 Å². The van der Waals surface area contributed by atoms with Gasteiger partial charge < -0.3 is 29.6 Å². The number of halogens is 1. The van der Waals surface area contributed by atoms with Crippen LogP contribution in [0.5, 0.6) is 17.2 Å². The summed E-state index contributed by atoms with van der Waals surface area (Å²) in [4.78, 5) is 25.2. The lowest BCUT2D eigenvalue weighted by Crippen LogP contribution is -2.45. The summed E-state index contributed by atoms with van der Waals surface area (Å²) in [6, 6.07) is 9.74. The fourth-order valence-electron chi connectivity index (χ4n) is 3.82. The number of carbonyl (C=O) groups is 2. The molecule has 0 fully saturated rings. The van der Waals surface area contributed by atoms with E-state index in [0.29, 0.717) is 56.4 Å². The van der Waals surface area contributed by atoms with Crippen molar-refractivity contribution >= 4 is 47.0 Å². The van der Waals surface area contributed by atoms with Crippen LogP contribution in [-0.4, -0.2) is 49.6 Å². The smallest absolute Gasteiger partial charge is 0.338 e. The quantitative estimate of drug-likeness (QED) is 0.104. The minimum Gasteiger partial charge on any atom is -0.490 e. The van der Waals surface area contributed by atoms with Crippen LogP contribution in [0.1, 0.15) is 37.9 Å². The topological polar surface area (TPSA) is 120 Å². The highest BCUT2D eigenvalue weighted by molar-refractivity contribution is 7.80. The molecule has 1 aliphatic rings. The molecular formula is C28H31ClN4O6S. The molecule has 1 heterocycles. The molecule has 0 unspecified atom stereocenters. The highest BCUT2D eigenvalue weighted by Gasteiger charge is 2.32. The summed E-state index contributed by atoms with van der Waals surface area (Å²) in [5.74, 6) is 0.252. The SMILES string of the molecule is C=CCOc1c(Cl)cc(C=NNC(=O)COc2ccccc2[C@H]2NC(=S)NC(C)=C2C(=O)OCC)cc1OCC. The number of hydrazone groups is 1. The zero-order valence-corrected chi connectivity index (χ0v) is 24.0. The van der Waals surface area contributed by atoms with E-state index in [-0.39, 0.29) is 19.8 Å². The molecule has 0 radical (unpaired) electrons. The van der Waals surface area contributed by atoms with Crippen LogP contribution < -0.4 is 30.3 Å². The number of nitrogens with zero attached hydrogens (tertiary/aromatic N) is 1. The monoisotopic (exact) mass is 586 g/mol. The number of allylic oxidation sites excluding steroid dienone is 1. The van der Waals surface area contributed by atoms with Gasteiger partial charge in [0.1, 0.15) is 12.4 Å². The van der Waals surface area contributed by atoms with Gasteiger partial charge in [0.05, 0.1) is 36.1 Å². The first-order chi connectivity index (χ1) is 19.3. The standard InChI is InChI=1S/C28H31ClN4O6S/c1-5-12-38-26-20(29)13-18(14-22(26)36-6-2)15-30-33-23(34)16-39-21-11-9-8-10-19(21)25-24(27(35)37-7-3)17(4)31-28(40)32-25/h5,8-11,13-15,25H,1,6-7,12,16H2,2-4H3,(H,33,34)(H2,31,32,40)/t25-/m1/s1. The van der Waals surface area contributed by atoms with Crippen molar-refractivity contribution in [3.8, 4) is 17.2 Å². The number of carbonyl (C=O) groups excluding carboxylic acids is 2. The van der Waals surface area contributed by atoms with Gasteiger partial charge in [-0.3, -0.25) is 4.79 Å². The van der Waals surface area contributed by atoms with Gasteiger partial charge in [0.25, 0.3) is 5.91 Å². The molecule has 3 N–H and O–H groups in total.